The van der Waals surface area contributed by atoms with Gasteiger partial charge in [0.05, 0.1) is 12.2 Å². The Morgan fingerprint density at radius 3 is 2.20 bits per heavy atom. The molecule has 1 atom stereocenters. The minimum absolute atomic E-state index is 0.0784. The molecule has 0 aliphatic carbocycles. The van der Waals surface area contributed by atoms with Crippen LogP contribution in [0.2, 0.25) is 0 Å². The van der Waals surface area contributed by atoms with Crippen LogP contribution >= 0.6 is 7.82 Å². The number of hydrogen-bond donors (Lipinski definition) is 2. The molecule has 0 amide bonds. The zero-order valence-electron chi connectivity index (χ0n) is 14.9. The van der Waals surface area contributed by atoms with E-state index in [0.29, 0.717) is 18.6 Å². The highest BCUT2D eigenvalue weighted by Gasteiger charge is 2.23. The summed E-state index contributed by atoms with van der Waals surface area (Å²) < 4.78 is 20.3. The average Bonchev–Trinajstić information content (AvgIpc) is 2.48. The Balaban J connectivity index is 2.53. The molecule has 2 N–H and O–H groups in total. The molecular weight excluding hydrogens is 347 g/mol. The molecule has 1 rings (SSSR count). The van der Waals surface area contributed by atoms with Crippen LogP contribution in [0, 0.1) is 5.41 Å². The van der Waals surface area contributed by atoms with Gasteiger partial charge in [0.1, 0.15) is 6.10 Å². The Hall–Kier alpha value is -1.53. The molecule has 0 saturated heterocycles. The first-order valence-corrected chi connectivity index (χ1v) is 9.43. The third kappa shape index (κ3) is 8.93. The lowest BCUT2D eigenvalue weighted by molar-refractivity contribution is -0.125. The maximum absolute atomic E-state index is 11.9. The molecule has 8 heteroatoms. The van der Waals surface area contributed by atoms with Crippen LogP contribution in [0.3, 0.4) is 0 Å². The summed E-state index contributed by atoms with van der Waals surface area (Å²) in [6.07, 6.45) is -0.715. The van der Waals surface area contributed by atoms with Gasteiger partial charge in [0, 0.05) is 6.42 Å². The number of aryl methyl sites for hydroxylation is 1. The summed E-state index contributed by atoms with van der Waals surface area (Å²) in [5, 5.41) is 0. The van der Waals surface area contributed by atoms with E-state index in [1.807, 2.05) is 20.8 Å². The normalized spacial score (nSPS) is 13.4. The van der Waals surface area contributed by atoms with Gasteiger partial charge >= 0.3 is 13.8 Å². The third-order valence-electron chi connectivity index (χ3n) is 3.23. The first kappa shape index (κ1) is 21.5. The van der Waals surface area contributed by atoms with Gasteiger partial charge in [0.15, 0.2) is 5.78 Å². The highest BCUT2D eigenvalue weighted by molar-refractivity contribution is 7.46. The fourth-order valence-corrected chi connectivity index (χ4v) is 2.44. The van der Waals surface area contributed by atoms with Crippen molar-refractivity contribution in [1.82, 2.24) is 0 Å². The lowest BCUT2D eigenvalue weighted by Gasteiger charge is -2.17. The van der Waals surface area contributed by atoms with Gasteiger partial charge < -0.3 is 14.5 Å². The topological polar surface area (TPSA) is 110 Å². The molecule has 0 saturated carbocycles. The summed E-state index contributed by atoms with van der Waals surface area (Å²) in [7, 11) is -4.68. The molecule has 0 heterocycles. The number of phosphoric acid groups is 1. The number of ether oxygens (including phenoxy) is 1. The molecule has 0 fully saturated rings. The van der Waals surface area contributed by atoms with Crippen LogP contribution in [-0.2, 0) is 25.0 Å². The molecule has 0 aromatic heterocycles. The van der Waals surface area contributed by atoms with Crippen molar-refractivity contribution >= 4 is 19.6 Å². The molecule has 0 aliphatic rings. The fourth-order valence-electron chi connectivity index (χ4n) is 1.91. The van der Waals surface area contributed by atoms with E-state index in [4.69, 9.17) is 14.5 Å². The van der Waals surface area contributed by atoms with Crippen molar-refractivity contribution in [2.24, 2.45) is 5.41 Å². The molecule has 1 unspecified atom stereocenters. The minimum Gasteiger partial charge on any atom is -0.462 e. The van der Waals surface area contributed by atoms with Crippen LogP contribution < -0.4 is 0 Å². The maximum Gasteiger partial charge on any atom is 0.470 e. The Morgan fingerprint density at radius 1 is 1.16 bits per heavy atom. The monoisotopic (exact) mass is 372 g/mol. The highest BCUT2D eigenvalue weighted by Crippen LogP contribution is 2.37. The van der Waals surface area contributed by atoms with Crippen LogP contribution in [0.1, 0.15) is 50.0 Å². The van der Waals surface area contributed by atoms with Crippen LogP contribution in [0.4, 0.5) is 0 Å². The molecule has 0 bridgehead atoms. The lowest BCUT2D eigenvalue weighted by atomic mass is 9.99. The number of benzene rings is 1. The molecule has 0 spiro atoms. The van der Waals surface area contributed by atoms with Crippen molar-refractivity contribution in [1.29, 1.82) is 0 Å². The number of ketones is 1. The second-order valence-electron chi connectivity index (χ2n) is 7.04. The zero-order valence-corrected chi connectivity index (χ0v) is 15.8. The van der Waals surface area contributed by atoms with Crippen LogP contribution in [0.5, 0.6) is 0 Å². The van der Waals surface area contributed by atoms with E-state index in [1.165, 1.54) is 6.92 Å². The van der Waals surface area contributed by atoms with E-state index in [-0.39, 0.29) is 11.8 Å². The van der Waals surface area contributed by atoms with E-state index in [2.05, 4.69) is 4.52 Å². The number of carbonyl (C=O) groups is 2. The van der Waals surface area contributed by atoms with Gasteiger partial charge in [-0.15, -0.1) is 0 Å². The molecule has 7 nitrogen and oxygen atoms in total. The van der Waals surface area contributed by atoms with Crippen molar-refractivity contribution in [3.63, 3.8) is 0 Å². The molecule has 140 valence electrons. The van der Waals surface area contributed by atoms with Gasteiger partial charge in [-0.1, -0.05) is 32.9 Å². The highest BCUT2D eigenvalue weighted by atomic mass is 31.2. The number of rotatable bonds is 8. The van der Waals surface area contributed by atoms with E-state index in [9.17, 15) is 14.2 Å². The summed E-state index contributed by atoms with van der Waals surface area (Å²) in [5.41, 5.74) is 1.14. The van der Waals surface area contributed by atoms with Crippen molar-refractivity contribution in [2.75, 3.05) is 6.61 Å². The van der Waals surface area contributed by atoms with E-state index < -0.39 is 25.7 Å². The lowest BCUT2D eigenvalue weighted by Crippen LogP contribution is -2.20. The molecular formula is C17H25O7P. The number of Topliss-reactive ketones (excluding diaryl/α,β-unsaturated/α-hetero) is 1. The number of phosphoric ester groups is 1. The van der Waals surface area contributed by atoms with Crippen molar-refractivity contribution < 1.29 is 33.2 Å². The Kier molecular flexibility index (Phi) is 7.50. The predicted octanol–water partition coefficient (Wildman–Crippen LogP) is 2.89. The fraction of sp³-hybridized carbons (Fsp3) is 0.529. The summed E-state index contributed by atoms with van der Waals surface area (Å²) in [6.45, 7) is 7.53. The van der Waals surface area contributed by atoms with Gasteiger partial charge in [-0.05, 0) is 36.5 Å². The largest absolute Gasteiger partial charge is 0.470 e. The summed E-state index contributed by atoms with van der Waals surface area (Å²) in [4.78, 5) is 41.1. The third-order valence-corrected chi connectivity index (χ3v) is 3.83. The number of carbonyl (C=O) groups excluding carboxylic acids is 2. The predicted molar refractivity (Wildman–Crippen MR) is 92.1 cm³/mol. The van der Waals surface area contributed by atoms with E-state index in [1.54, 1.807) is 24.3 Å². The smallest absolute Gasteiger partial charge is 0.462 e. The second-order valence-corrected chi connectivity index (χ2v) is 8.23. The van der Waals surface area contributed by atoms with Crippen LogP contribution in [0.25, 0.3) is 0 Å². The number of esters is 1. The van der Waals surface area contributed by atoms with Gasteiger partial charge in [0.2, 0.25) is 0 Å². The molecule has 1 aromatic carbocycles. The van der Waals surface area contributed by atoms with Gasteiger partial charge in [-0.2, -0.15) is 0 Å². The first-order valence-electron chi connectivity index (χ1n) is 7.90. The van der Waals surface area contributed by atoms with E-state index >= 15 is 0 Å². The van der Waals surface area contributed by atoms with Crippen LogP contribution in [-0.4, -0.2) is 34.3 Å². The molecule has 1 aromatic rings. The molecule has 25 heavy (non-hydrogen) atoms. The number of hydrogen-bond acceptors (Lipinski definition) is 5. The second kappa shape index (κ2) is 8.72. The van der Waals surface area contributed by atoms with Gasteiger partial charge in [0.25, 0.3) is 0 Å². The van der Waals surface area contributed by atoms with Crippen molar-refractivity contribution in [3.05, 3.63) is 35.4 Å². The Morgan fingerprint density at radius 2 is 1.72 bits per heavy atom. The van der Waals surface area contributed by atoms with Gasteiger partial charge in [-0.3, -0.25) is 9.32 Å². The summed E-state index contributed by atoms with van der Waals surface area (Å²) >= 11 is 0. The maximum atomic E-state index is 11.9. The zero-order chi connectivity index (χ0) is 19.3. The first-order chi connectivity index (χ1) is 11.4. The average molecular weight is 372 g/mol. The summed E-state index contributed by atoms with van der Waals surface area (Å²) in [5.74, 6) is -0.807. The van der Waals surface area contributed by atoms with E-state index in [0.717, 1.165) is 5.56 Å². The Bertz CT molecular complexity index is 640. The standard InChI is InChI=1S/C17H25O7P/c1-12(24-25(20,21)22)15(18)10-7-13-5-8-14(9-6-13)16(19)23-11-17(2,3)4/h5-6,8-9,12H,7,10-11H2,1-4H3,(H2,20,21,22). The van der Waals surface area contributed by atoms with Crippen molar-refractivity contribution in [3.8, 4) is 0 Å². The van der Waals surface area contributed by atoms with Crippen molar-refractivity contribution in [2.45, 2.75) is 46.6 Å². The SMILES string of the molecule is CC(OP(=O)(O)O)C(=O)CCc1ccc(C(=O)OCC(C)(C)C)cc1. The minimum atomic E-state index is -4.68. The molecule has 0 radical (unpaired) electrons. The van der Waals surface area contributed by atoms with Crippen LogP contribution in [0.15, 0.2) is 24.3 Å². The van der Waals surface area contributed by atoms with Gasteiger partial charge in [-0.25, -0.2) is 9.36 Å². The Labute approximate surface area is 147 Å². The molecule has 0 aliphatic heterocycles. The quantitative estimate of drug-likeness (QED) is 0.533. The summed E-state index contributed by atoms with van der Waals surface area (Å²) in [6, 6.07) is 6.69.